The van der Waals surface area contributed by atoms with Crippen LogP contribution in [0.2, 0.25) is 0 Å². The Balaban J connectivity index is 3.02. The van der Waals surface area contributed by atoms with E-state index in [1.807, 2.05) is 13.0 Å². The average molecular weight is 153 g/mol. The van der Waals surface area contributed by atoms with Crippen molar-refractivity contribution in [1.29, 1.82) is 0 Å². The molecule has 0 atom stereocenters. The fourth-order valence-electron chi connectivity index (χ4n) is 0.843. The van der Waals surface area contributed by atoms with Gasteiger partial charge in [0.2, 0.25) is 5.88 Å². The SMILES string of the molecule is COc1nc(CO)ccc1C. The molecule has 1 heterocycles. The molecule has 0 aliphatic carbocycles. The van der Waals surface area contributed by atoms with Crippen molar-refractivity contribution in [3.8, 4) is 5.88 Å². The summed E-state index contributed by atoms with van der Waals surface area (Å²) in [7, 11) is 1.57. The molecule has 0 aliphatic rings. The predicted octanol–water partition coefficient (Wildman–Crippen LogP) is 0.891. The third-order valence-corrected chi connectivity index (χ3v) is 1.46. The van der Waals surface area contributed by atoms with Crippen LogP contribution in [0.5, 0.6) is 5.88 Å². The predicted molar refractivity (Wildman–Crippen MR) is 41.4 cm³/mol. The Hall–Kier alpha value is -1.09. The zero-order chi connectivity index (χ0) is 8.27. The number of ether oxygens (including phenoxy) is 1. The molecule has 3 nitrogen and oxygen atoms in total. The summed E-state index contributed by atoms with van der Waals surface area (Å²) in [6.45, 7) is 1.86. The van der Waals surface area contributed by atoms with Gasteiger partial charge < -0.3 is 9.84 Å². The highest BCUT2D eigenvalue weighted by Gasteiger charge is 1.99. The standard InChI is InChI=1S/C8H11NO2/c1-6-3-4-7(5-10)9-8(6)11-2/h3-4,10H,5H2,1-2H3. The van der Waals surface area contributed by atoms with E-state index >= 15 is 0 Å². The highest BCUT2D eigenvalue weighted by Crippen LogP contribution is 2.13. The number of hydrogen-bond acceptors (Lipinski definition) is 3. The lowest BCUT2D eigenvalue weighted by Crippen LogP contribution is -1.95. The minimum absolute atomic E-state index is 0.0450. The number of aliphatic hydroxyl groups excluding tert-OH is 1. The van der Waals surface area contributed by atoms with Crippen molar-refractivity contribution in [1.82, 2.24) is 4.98 Å². The van der Waals surface area contributed by atoms with Gasteiger partial charge in [-0.2, -0.15) is 0 Å². The summed E-state index contributed by atoms with van der Waals surface area (Å²) >= 11 is 0. The van der Waals surface area contributed by atoms with Crippen molar-refractivity contribution in [3.05, 3.63) is 23.4 Å². The van der Waals surface area contributed by atoms with Gasteiger partial charge in [0.05, 0.1) is 19.4 Å². The van der Waals surface area contributed by atoms with Crippen LogP contribution in [0.1, 0.15) is 11.3 Å². The summed E-state index contributed by atoms with van der Waals surface area (Å²) < 4.78 is 4.97. The van der Waals surface area contributed by atoms with Gasteiger partial charge in [-0.1, -0.05) is 6.07 Å². The molecular formula is C8H11NO2. The molecule has 1 N–H and O–H groups in total. The molecule has 11 heavy (non-hydrogen) atoms. The fraction of sp³-hybridized carbons (Fsp3) is 0.375. The van der Waals surface area contributed by atoms with E-state index in [1.54, 1.807) is 13.2 Å². The molecule has 0 aromatic carbocycles. The average Bonchev–Trinajstić information content (AvgIpc) is 2.05. The van der Waals surface area contributed by atoms with Gasteiger partial charge >= 0.3 is 0 Å². The number of pyridine rings is 1. The lowest BCUT2D eigenvalue weighted by Gasteiger charge is -2.03. The summed E-state index contributed by atoms with van der Waals surface area (Å²) in [5.41, 5.74) is 1.61. The van der Waals surface area contributed by atoms with Gasteiger partial charge in [-0.15, -0.1) is 0 Å². The van der Waals surface area contributed by atoms with Crippen LogP contribution in [-0.4, -0.2) is 17.2 Å². The largest absolute Gasteiger partial charge is 0.481 e. The van der Waals surface area contributed by atoms with Crippen LogP contribution in [0.15, 0.2) is 12.1 Å². The zero-order valence-corrected chi connectivity index (χ0v) is 6.66. The number of rotatable bonds is 2. The molecule has 0 spiro atoms. The van der Waals surface area contributed by atoms with Gasteiger partial charge in [0.15, 0.2) is 0 Å². The Morgan fingerprint density at radius 2 is 2.27 bits per heavy atom. The molecule has 0 unspecified atom stereocenters. The van der Waals surface area contributed by atoms with Crippen LogP contribution in [0.3, 0.4) is 0 Å². The van der Waals surface area contributed by atoms with E-state index in [0.717, 1.165) is 5.56 Å². The molecule has 0 radical (unpaired) electrons. The number of methoxy groups -OCH3 is 1. The van der Waals surface area contributed by atoms with Crippen LogP contribution < -0.4 is 4.74 Å². The molecule has 60 valence electrons. The zero-order valence-electron chi connectivity index (χ0n) is 6.66. The van der Waals surface area contributed by atoms with Crippen LogP contribution in [0.4, 0.5) is 0 Å². The molecule has 1 rings (SSSR count). The number of aryl methyl sites for hydroxylation is 1. The Labute approximate surface area is 65.7 Å². The fourth-order valence-corrected chi connectivity index (χ4v) is 0.843. The lowest BCUT2D eigenvalue weighted by molar-refractivity contribution is 0.274. The number of nitrogens with zero attached hydrogens (tertiary/aromatic N) is 1. The Bertz CT molecular complexity index is 248. The minimum Gasteiger partial charge on any atom is -0.481 e. The third kappa shape index (κ3) is 1.68. The molecule has 3 heteroatoms. The van der Waals surface area contributed by atoms with Gasteiger partial charge in [0, 0.05) is 5.56 Å². The molecule has 0 aliphatic heterocycles. The van der Waals surface area contributed by atoms with E-state index in [0.29, 0.717) is 11.6 Å². The van der Waals surface area contributed by atoms with E-state index < -0.39 is 0 Å². The van der Waals surface area contributed by atoms with Gasteiger partial charge in [-0.05, 0) is 13.0 Å². The number of hydrogen-bond donors (Lipinski definition) is 1. The molecule has 0 fully saturated rings. The van der Waals surface area contributed by atoms with Gasteiger partial charge in [0.1, 0.15) is 0 Å². The quantitative estimate of drug-likeness (QED) is 0.686. The van der Waals surface area contributed by atoms with Crippen LogP contribution in [-0.2, 0) is 6.61 Å². The van der Waals surface area contributed by atoms with E-state index in [2.05, 4.69) is 4.98 Å². The topological polar surface area (TPSA) is 42.4 Å². The van der Waals surface area contributed by atoms with Crippen LogP contribution >= 0.6 is 0 Å². The summed E-state index contributed by atoms with van der Waals surface area (Å²) in [6.07, 6.45) is 0. The highest BCUT2D eigenvalue weighted by atomic mass is 16.5. The maximum atomic E-state index is 8.73. The highest BCUT2D eigenvalue weighted by molar-refractivity contribution is 5.26. The molecule has 0 bridgehead atoms. The van der Waals surface area contributed by atoms with Crippen molar-refractivity contribution in [2.45, 2.75) is 13.5 Å². The van der Waals surface area contributed by atoms with Gasteiger partial charge in [-0.25, -0.2) is 4.98 Å². The Morgan fingerprint density at radius 1 is 1.55 bits per heavy atom. The molecule has 1 aromatic heterocycles. The summed E-state index contributed by atoms with van der Waals surface area (Å²) in [6, 6.07) is 3.65. The molecule has 1 aromatic rings. The summed E-state index contributed by atoms with van der Waals surface area (Å²) in [5.74, 6) is 0.580. The van der Waals surface area contributed by atoms with Crippen molar-refractivity contribution in [2.24, 2.45) is 0 Å². The van der Waals surface area contributed by atoms with E-state index in [-0.39, 0.29) is 6.61 Å². The maximum absolute atomic E-state index is 8.73. The minimum atomic E-state index is -0.0450. The van der Waals surface area contributed by atoms with Crippen molar-refractivity contribution < 1.29 is 9.84 Å². The Kier molecular flexibility index (Phi) is 2.44. The first-order valence-electron chi connectivity index (χ1n) is 3.39. The smallest absolute Gasteiger partial charge is 0.216 e. The monoisotopic (exact) mass is 153 g/mol. The third-order valence-electron chi connectivity index (χ3n) is 1.46. The van der Waals surface area contributed by atoms with E-state index in [4.69, 9.17) is 9.84 Å². The number of aromatic nitrogens is 1. The molecule has 0 amide bonds. The molecular weight excluding hydrogens is 142 g/mol. The van der Waals surface area contributed by atoms with E-state index in [9.17, 15) is 0 Å². The normalized spacial score (nSPS) is 9.73. The summed E-state index contributed by atoms with van der Waals surface area (Å²) in [5, 5.41) is 8.73. The maximum Gasteiger partial charge on any atom is 0.216 e. The second-order valence-corrected chi connectivity index (χ2v) is 2.29. The molecule has 0 saturated heterocycles. The molecule has 0 saturated carbocycles. The number of aliphatic hydroxyl groups is 1. The van der Waals surface area contributed by atoms with Crippen LogP contribution in [0, 0.1) is 6.92 Å². The summed E-state index contributed by atoms with van der Waals surface area (Å²) in [4.78, 5) is 4.04. The van der Waals surface area contributed by atoms with Crippen LogP contribution in [0.25, 0.3) is 0 Å². The van der Waals surface area contributed by atoms with Crippen molar-refractivity contribution >= 4 is 0 Å². The second kappa shape index (κ2) is 3.34. The van der Waals surface area contributed by atoms with E-state index in [1.165, 1.54) is 0 Å². The first-order chi connectivity index (χ1) is 5.27. The van der Waals surface area contributed by atoms with Gasteiger partial charge in [-0.3, -0.25) is 0 Å². The van der Waals surface area contributed by atoms with Gasteiger partial charge in [0.25, 0.3) is 0 Å². The lowest BCUT2D eigenvalue weighted by atomic mass is 10.2. The van der Waals surface area contributed by atoms with Crippen molar-refractivity contribution in [3.63, 3.8) is 0 Å². The first-order valence-corrected chi connectivity index (χ1v) is 3.39. The first kappa shape index (κ1) is 8.01. The second-order valence-electron chi connectivity index (χ2n) is 2.29. The Morgan fingerprint density at radius 3 is 2.82 bits per heavy atom. The van der Waals surface area contributed by atoms with Crippen molar-refractivity contribution in [2.75, 3.05) is 7.11 Å².